The summed E-state index contributed by atoms with van der Waals surface area (Å²) in [5.41, 5.74) is 4.37. The smallest absolute Gasteiger partial charge is 0.225 e. The standard InChI is InChI=1S/C27H27N6S/c1-4-26(34-15-1)24-8-6-21-5-7-22(16-25(21)30-24)32(27(9-2-10-27)19-31-12-3-13-31)33-14-11-28-17-23(33)18-29-20-33/h1,4-8,11,14-18,20H,2-3,9-10,12-13,19H2/q+1. The molecule has 4 aliphatic rings. The first kappa shape index (κ1) is 20.3. The Bertz CT molecular complexity index is 1360. The monoisotopic (exact) mass is 467 g/mol. The number of rotatable bonds is 6. The number of fused-ring (bicyclic) bond motifs is 2. The number of benzene rings is 1. The first-order chi connectivity index (χ1) is 16.8. The molecule has 1 saturated carbocycles. The fraction of sp³-hybridized carbons (Fsp3) is 0.296. The van der Waals surface area contributed by atoms with E-state index in [1.165, 1.54) is 49.3 Å². The van der Waals surface area contributed by atoms with E-state index in [1.807, 2.05) is 25.0 Å². The highest BCUT2D eigenvalue weighted by Gasteiger charge is 2.56. The predicted molar refractivity (Wildman–Crippen MR) is 140 cm³/mol. The lowest BCUT2D eigenvalue weighted by atomic mass is 9.74. The van der Waals surface area contributed by atoms with Crippen molar-refractivity contribution < 1.29 is 4.59 Å². The van der Waals surface area contributed by atoms with Gasteiger partial charge in [-0.3, -0.25) is 4.99 Å². The molecule has 170 valence electrons. The minimum absolute atomic E-state index is 0.0461. The van der Waals surface area contributed by atoms with Gasteiger partial charge in [-0.25, -0.2) is 15.0 Å². The molecule has 7 rings (SSSR count). The molecule has 1 atom stereocenters. The third kappa shape index (κ3) is 3.04. The minimum atomic E-state index is 0.0461. The second kappa shape index (κ2) is 7.70. The van der Waals surface area contributed by atoms with Crippen molar-refractivity contribution in [2.45, 2.75) is 31.2 Å². The van der Waals surface area contributed by atoms with Gasteiger partial charge in [0.05, 0.1) is 40.4 Å². The Hall–Kier alpha value is -3.13. The Kier molecular flexibility index (Phi) is 4.59. The van der Waals surface area contributed by atoms with Crippen LogP contribution in [0.5, 0.6) is 0 Å². The number of allylic oxidation sites excluding steroid dienone is 1. The summed E-state index contributed by atoms with van der Waals surface area (Å²) < 4.78 is 0.466. The fourth-order valence-electron chi connectivity index (χ4n) is 5.71. The van der Waals surface area contributed by atoms with Gasteiger partial charge >= 0.3 is 0 Å². The van der Waals surface area contributed by atoms with Crippen LogP contribution in [-0.4, -0.2) is 52.2 Å². The van der Waals surface area contributed by atoms with Crippen molar-refractivity contribution in [1.82, 2.24) is 9.88 Å². The van der Waals surface area contributed by atoms with Crippen molar-refractivity contribution in [3.05, 3.63) is 72.1 Å². The van der Waals surface area contributed by atoms with E-state index in [4.69, 9.17) is 4.98 Å². The van der Waals surface area contributed by atoms with Gasteiger partial charge in [-0.2, -0.15) is 0 Å². The van der Waals surface area contributed by atoms with E-state index >= 15 is 0 Å². The van der Waals surface area contributed by atoms with Crippen molar-refractivity contribution in [2.24, 2.45) is 9.98 Å². The molecule has 0 radical (unpaired) electrons. The molecule has 0 amide bonds. The lowest BCUT2D eigenvalue weighted by Crippen LogP contribution is -2.71. The zero-order valence-electron chi connectivity index (χ0n) is 19.0. The summed E-state index contributed by atoms with van der Waals surface area (Å²) in [6.45, 7) is 3.49. The molecule has 0 spiro atoms. The number of thiophene rings is 1. The summed E-state index contributed by atoms with van der Waals surface area (Å²) in [7, 11) is 0. The number of hydrogen-bond donors (Lipinski definition) is 0. The van der Waals surface area contributed by atoms with Crippen molar-refractivity contribution in [1.29, 1.82) is 0 Å². The van der Waals surface area contributed by atoms with Gasteiger partial charge in [0, 0.05) is 11.9 Å². The number of hydrogen-bond acceptors (Lipinski definition) is 6. The zero-order valence-corrected chi connectivity index (χ0v) is 19.9. The molecule has 3 aromatic rings. The molecule has 2 fully saturated rings. The summed E-state index contributed by atoms with van der Waals surface area (Å²) in [6, 6.07) is 15.3. The summed E-state index contributed by atoms with van der Waals surface area (Å²) >= 11 is 1.73. The van der Waals surface area contributed by atoms with E-state index in [9.17, 15) is 0 Å². The Morgan fingerprint density at radius 2 is 1.97 bits per heavy atom. The molecule has 7 heteroatoms. The molecule has 34 heavy (non-hydrogen) atoms. The summed E-state index contributed by atoms with van der Waals surface area (Å²) in [5.74, 6) is 0. The number of nitrogens with zero attached hydrogens (tertiary/aromatic N) is 6. The number of aliphatic imine (C=N–C) groups is 2. The Morgan fingerprint density at radius 3 is 2.74 bits per heavy atom. The van der Waals surface area contributed by atoms with E-state index in [-0.39, 0.29) is 5.54 Å². The molecular weight excluding hydrogens is 440 g/mol. The molecule has 1 unspecified atom stereocenters. The largest absolute Gasteiger partial charge is 0.301 e. The van der Waals surface area contributed by atoms with Crippen LogP contribution in [0.4, 0.5) is 5.69 Å². The molecule has 1 aliphatic carbocycles. The highest BCUT2D eigenvalue weighted by atomic mass is 32.1. The van der Waals surface area contributed by atoms with Crippen molar-refractivity contribution >= 4 is 40.5 Å². The predicted octanol–water partition coefficient (Wildman–Crippen LogP) is 5.57. The van der Waals surface area contributed by atoms with Crippen molar-refractivity contribution in [3.63, 3.8) is 0 Å². The molecule has 1 saturated heterocycles. The molecular formula is C27H27N6S+. The van der Waals surface area contributed by atoms with Crippen LogP contribution in [0.25, 0.3) is 21.5 Å². The molecule has 5 heterocycles. The Labute approximate surface area is 203 Å². The lowest BCUT2D eigenvalue weighted by Gasteiger charge is -2.57. The first-order valence-electron chi connectivity index (χ1n) is 12.1. The Morgan fingerprint density at radius 1 is 1.06 bits per heavy atom. The summed E-state index contributed by atoms with van der Waals surface area (Å²) in [5, 5.41) is 5.87. The quantitative estimate of drug-likeness (QED) is 0.445. The van der Waals surface area contributed by atoms with Gasteiger partial charge in [-0.05, 0) is 68.4 Å². The third-order valence-electron chi connectivity index (χ3n) is 7.67. The van der Waals surface area contributed by atoms with Crippen LogP contribution in [0, 0.1) is 0 Å². The van der Waals surface area contributed by atoms with Crippen LogP contribution >= 0.6 is 11.3 Å². The maximum absolute atomic E-state index is 5.08. The van der Waals surface area contributed by atoms with E-state index in [0.29, 0.717) is 4.59 Å². The molecule has 6 nitrogen and oxygen atoms in total. The number of anilines is 1. The summed E-state index contributed by atoms with van der Waals surface area (Å²) in [6.07, 6.45) is 14.9. The van der Waals surface area contributed by atoms with Gasteiger partial charge in [-0.1, -0.05) is 18.2 Å². The minimum Gasteiger partial charge on any atom is -0.301 e. The van der Waals surface area contributed by atoms with Gasteiger partial charge in [-0.15, -0.1) is 15.9 Å². The summed E-state index contributed by atoms with van der Waals surface area (Å²) in [4.78, 5) is 17.9. The van der Waals surface area contributed by atoms with Crippen LogP contribution < -0.4 is 5.01 Å². The Balaban J connectivity index is 1.39. The van der Waals surface area contributed by atoms with Gasteiger partial charge in [0.1, 0.15) is 5.54 Å². The number of pyridine rings is 1. The maximum atomic E-state index is 5.08. The molecule has 3 aliphatic heterocycles. The number of likely N-dealkylation sites (tertiary alicyclic amines) is 1. The highest BCUT2D eigenvalue weighted by Crippen LogP contribution is 2.47. The number of aromatic nitrogens is 1. The third-order valence-corrected chi connectivity index (χ3v) is 8.57. The van der Waals surface area contributed by atoms with Crippen LogP contribution in [-0.2, 0) is 0 Å². The average Bonchev–Trinajstić information content (AvgIpc) is 3.49. The maximum Gasteiger partial charge on any atom is 0.225 e. The van der Waals surface area contributed by atoms with Crippen molar-refractivity contribution in [2.75, 3.05) is 24.6 Å². The topological polar surface area (TPSA) is 44.1 Å². The molecule has 0 N–H and O–H groups in total. The normalized spacial score (nSPS) is 24.5. The lowest BCUT2D eigenvalue weighted by molar-refractivity contribution is -0.751. The second-order valence-electron chi connectivity index (χ2n) is 9.70. The molecule has 2 aromatic heterocycles. The number of quaternary nitrogens is 1. The van der Waals surface area contributed by atoms with E-state index in [1.54, 1.807) is 11.3 Å². The van der Waals surface area contributed by atoms with Crippen LogP contribution in [0.15, 0.2) is 82.1 Å². The fourth-order valence-corrected chi connectivity index (χ4v) is 6.40. The van der Waals surface area contributed by atoms with E-state index < -0.39 is 0 Å². The van der Waals surface area contributed by atoms with Gasteiger partial charge in [0.2, 0.25) is 12.0 Å². The van der Waals surface area contributed by atoms with E-state index in [2.05, 4.69) is 73.9 Å². The van der Waals surface area contributed by atoms with Crippen LogP contribution in [0.1, 0.15) is 25.7 Å². The van der Waals surface area contributed by atoms with Gasteiger partial charge in [0.25, 0.3) is 0 Å². The van der Waals surface area contributed by atoms with E-state index in [0.717, 1.165) is 28.8 Å². The zero-order chi connectivity index (χ0) is 22.6. The molecule has 1 aromatic carbocycles. The molecule has 0 bridgehead atoms. The second-order valence-corrected chi connectivity index (χ2v) is 10.7. The highest BCUT2D eigenvalue weighted by molar-refractivity contribution is 7.13. The van der Waals surface area contributed by atoms with Crippen molar-refractivity contribution in [3.8, 4) is 10.6 Å². The first-order valence-corrected chi connectivity index (χ1v) is 13.0. The van der Waals surface area contributed by atoms with Gasteiger partial charge in [0.15, 0.2) is 6.20 Å². The van der Waals surface area contributed by atoms with Crippen LogP contribution in [0.3, 0.4) is 0 Å². The van der Waals surface area contributed by atoms with Gasteiger partial charge < -0.3 is 4.90 Å². The SMILES string of the molecule is C1=C[N+]2(N(c3ccc4ccc(-c5cccs5)nc4c3)C3(CN4CCC4)CCC3)C=NC=C2C=N1. The average molecular weight is 468 g/mol. The van der Waals surface area contributed by atoms with Crippen LogP contribution in [0.2, 0.25) is 0 Å².